The first kappa shape index (κ1) is 20.7. The summed E-state index contributed by atoms with van der Waals surface area (Å²) in [6.07, 6.45) is 7.33. The zero-order valence-corrected chi connectivity index (χ0v) is 18.3. The Morgan fingerprint density at radius 2 is 1.93 bits per heavy atom. The molecule has 0 bridgehead atoms. The van der Waals surface area contributed by atoms with E-state index in [-0.39, 0.29) is 5.56 Å². The molecule has 158 valence electrons. The maximum absolute atomic E-state index is 12.4. The van der Waals surface area contributed by atoms with Gasteiger partial charge in [0, 0.05) is 11.3 Å². The smallest absolute Gasteiger partial charge is 0.254 e. The van der Waals surface area contributed by atoms with E-state index in [1.165, 1.54) is 43.9 Å². The summed E-state index contributed by atoms with van der Waals surface area (Å²) in [4.78, 5) is 20.1. The Balaban J connectivity index is 1.43. The van der Waals surface area contributed by atoms with Gasteiger partial charge in [-0.15, -0.1) is 0 Å². The van der Waals surface area contributed by atoms with Gasteiger partial charge in [-0.25, -0.2) is 4.98 Å². The summed E-state index contributed by atoms with van der Waals surface area (Å²) in [6, 6.07) is 9.89. The lowest BCUT2D eigenvalue weighted by atomic mass is 9.85. The van der Waals surface area contributed by atoms with Crippen molar-refractivity contribution in [2.45, 2.75) is 56.4 Å². The maximum atomic E-state index is 12.4. The average Bonchev–Trinajstić information content (AvgIpc) is 3.25. The van der Waals surface area contributed by atoms with Crippen LogP contribution in [0.3, 0.4) is 0 Å². The summed E-state index contributed by atoms with van der Waals surface area (Å²) in [7, 11) is 1.66. The molecule has 2 N–H and O–H groups in total. The quantitative estimate of drug-likeness (QED) is 0.417. The lowest BCUT2D eigenvalue weighted by molar-refractivity contribution is 0.353. The topological polar surface area (TPSA) is 83.7 Å². The van der Waals surface area contributed by atoms with Crippen molar-refractivity contribution in [2.75, 3.05) is 7.11 Å². The van der Waals surface area contributed by atoms with Crippen LogP contribution in [-0.2, 0) is 12.2 Å². The summed E-state index contributed by atoms with van der Waals surface area (Å²) in [5.74, 6) is 2.12. The first-order valence-electron chi connectivity index (χ1n) is 10.5. The molecule has 7 heteroatoms. The second-order valence-corrected chi connectivity index (χ2v) is 8.91. The largest absolute Gasteiger partial charge is 0.497 e. The van der Waals surface area contributed by atoms with E-state index in [0.717, 1.165) is 40.4 Å². The Kier molecular flexibility index (Phi) is 6.57. The minimum absolute atomic E-state index is 0.0285. The molecule has 0 aliphatic heterocycles. The van der Waals surface area contributed by atoms with Crippen molar-refractivity contribution in [1.82, 2.24) is 20.2 Å². The summed E-state index contributed by atoms with van der Waals surface area (Å²) in [5, 5.41) is 8.17. The van der Waals surface area contributed by atoms with E-state index in [1.54, 1.807) is 7.11 Å². The number of nitrogens with zero attached hydrogens (tertiary/aromatic N) is 2. The molecule has 0 radical (unpaired) electrons. The number of methoxy groups -OCH3 is 1. The molecule has 2 heterocycles. The Labute approximate surface area is 180 Å². The van der Waals surface area contributed by atoms with Gasteiger partial charge < -0.3 is 9.72 Å². The fourth-order valence-corrected chi connectivity index (χ4v) is 4.76. The van der Waals surface area contributed by atoms with Crippen molar-refractivity contribution in [1.29, 1.82) is 0 Å². The molecule has 30 heavy (non-hydrogen) atoms. The molecular weight excluding hydrogens is 396 g/mol. The van der Waals surface area contributed by atoms with E-state index < -0.39 is 0 Å². The molecule has 3 aromatic rings. The number of hydrogen-bond acceptors (Lipinski definition) is 5. The number of aromatic amines is 2. The molecule has 0 atom stereocenters. The van der Waals surface area contributed by atoms with Crippen molar-refractivity contribution in [2.24, 2.45) is 5.92 Å². The molecule has 0 unspecified atom stereocenters. The highest BCUT2D eigenvalue weighted by Crippen LogP contribution is 2.28. The molecule has 0 amide bonds. The lowest BCUT2D eigenvalue weighted by Crippen LogP contribution is -2.19. The molecule has 1 aliphatic rings. The molecule has 1 aliphatic carbocycles. The zero-order valence-electron chi connectivity index (χ0n) is 17.5. The number of nitrogens with one attached hydrogen (secondary N) is 2. The van der Waals surface area contributed by atoms with Crippen LogP contribution in [-0.4, -0.2) is 27.3 Å². The monoisotopic (exact) mass is 424 g/mol. The Hall–Kier alpha value is -2.54. The number of rotatable bonds is 7. The number of H-pyrrole nitrogens is 2. The van der Waals surface area contributed by atoms with Crippen molar-refractivity contribution in [3.8, 4) is 17.0 Å². The Bertz CT molecular complexity index is 1040. The fraction of sp³-hybridized carbons (Fsp3) is 0.435. The van der Waals surface area contributed by atoms with Crippen LogP contribution in [0.2, 0.25) is 0 Å². The van der Waals surface area contributed by atoms with Gasteiger partial charge in [0.05, 0.1) is 24.2 Å². The van der Waals surface area contributed by atoms with Gasteiger partial charge in [0.2, 0.25) is 0 Å². The summed E-state index contributed by atoms with van der Waals surface area (Å²) >= 11 is 1.52. The second-order valence-electron chi connectivity index (χ2n) is 7.94. The molecular formula is C23H28N4O2S. The number of thioether (sulfide) groups is 1. The molecule has 4 rings (SSSR count). The Morgan fingerprint density at radius 3 is 2.67 bits per heavy atom. The summed E-state index contributed by atoms with van der Waals surface area (Å²) < 4.78 is 5.21. The lowest BCUT2D eigenvalue weighted by Gasteiger charge is -2.21. The van der Waals surface area contributed by atoms with E-state index in [1.807, 2.05) is 37.3 Å². The van der Waals surface area contributed by atoms with Gasteiger partial charge >= 0.3 is 0 Å². The summed E-state index contributed by atoms with van der Waals surface area (Å²) in [5.41, 5.74) is 4.61. The maximum Gasteiger partial charge on any atom is 0.254 e. The van der Waals surface area contributed by atoms with Crippen LogP contribution in [0.25, 0.3) is 11.3 Å². The normalized spacial score (nSPS) is 14.7. The molecule has 2 aromatic heterocycles. The second kappa shape index (κ2) is 9.51. The van der Waals surface area contributed by atoms with Crippen molar-refractivity contribution < 1.29 is 4.74 Å². The van der Waals surface area contributed by atoms with Gasteiger partial charge in [-0.05, 0) is 55.2 Å². The van der Waals surface area contributed by atoms with Crippen molar-refractivity contribution in [3.05, 3.63) is 57.6 Å². The molecule has 1 fully saturated rings. The van der Waals surface area contributed by atoms with Crippen LogP contribution in [0.1, 0.15) is 49.1 Å². The third kappa shape index (κ3) is 4.95. The van der Waals surface area contributed by atoms with Crippen molar-refractivity contribution >= 4 is 11.8 Å². The minimum Gasteiger partial charge on any atom is -0.497 e. The van der Waals surface area contributed by atoms with Gasteiger partial charge in [0.25, 0.3) is 5.56 Å². The van der Waals surface area contributed by atoms with Crippen LogP contribution in [0, 0.1) is 12.8 Å². The van der Waals surface area contributed by atoms with E-state index in [9.17, 15) is 4.79 Å². The standard InChI is InChI=1S/C23H28N4O2S/c1-15-20(12-16-6-4-3-5-7-16)24-23(25-22(15)28)30-14-18-13-21(27-26-18)17-8-10-19(29-2)11-9-17/h8-11,13,16H,3-7,12,14H2,1-2H3,(H,26,27)(H,24,25,28). The number of ether oxygens (including phenoxy) is 1. The van der Waals surface area contributed by atoms with Gasteiger partial charge in [0.15, 0.2) is 5.16 Å². The van der Waals surface area contributed by atoms with Crippen LogP contribution in [0.4, 0.5) is 0 Å². The van der Waals surface area contributed by atoms with Gasteiger partial charge in [-0.2, -0.15) is 5.10 Å². The third-order valence-electron chi connectivity index (χ3n) is 5.83. The number of hydrogen-bond donors (Lipinski definition) is 2. The first-order valence-corrected chi connectivity index (χ1v) is 11.5. The van der Waals surface area contributed by atoms with Crippen LogP contribution in [0.5, 0.6) is 5.75 Å². The molecule has 1 aromatic carbocycles. The van der Waals surface area contributed by atoms with Crippen LogP contribution < -0.4 is 10.3 Å². The number of aromatic nitrogens is 4. The van der Waals surface area contributed by atoms with Gasteiger partial charge in [-0.1, -0.05) is 43.9 Å². The molecule has 6 nitrogen and oxygen atoms in total. The molecule has 1 saturated carbocycles. The summed E-state index contributed by atoms with van der Waals surface area (Å²) in [6.45, 7) is 1.88. The van der Waals surface area contributed by atoms with E-state index in [2.05, 4.69) is 15.2 Å². The number of benzene rings is 1. The first-order chi connectivity index (χ1) is 14.6. The van der Waals surface area contributed by atoms with E-state index in [4.69, 9.17) is 9.72 Å². The van der Waals surface area contributed by atoms with Crippen LogP contribution >= 0.6 is 11.8 Å². The highest BCUT2D eigenvalue weighted by molar-refractivity contribution is 7.98. The molecule has 0 spiro atoms. The highest BCUT2D eigenvalue weighted by Gasteiger charge is 2.18. The van der Waals surface area contributed by atoms with Crippen molar-refractivity contribution in [3.63, 3.8) is 0 Å². The van der Waals surface area contributed by atoms with Gasteiger partial charge in [-0.3, -0.25) is 9.89 Å². The van der Waals surface area contributed by atoms with E-state index in [0.29, 0.717) is 16.8 Å². The predicted molar refractivity (Wildman–Crippen MR) is 120 cm³/mol. The van der Waals surface area contributed by atoms with Gasteiger partial charge in [0.1, 0.15) is 5.75 Å². The highest BCUT2D eigenvalue weighted by atomic mass is 32.2. The fourth-order valence-electron chi connectivity index (χ4n) is 3.99. The Morgan fingerprint density at radius 1 is 1.17 bits per heavy atom. The minimum atomic E-state index is -0.0285. The van der Waals surface area contributed by atoms with Crippen LogP contribution in [0.15, 0.2) is 40.3 Å². The van der Waals surface area contributed by atoms with E-state index >= 15 is 0 Å². The molecule has 0 saturated heterocycles. The average molecular weight is 425 g/mol. The predicted octanol–water partition coefficient (Wildman–Crippen LogP) is 4.89. The zero-order chi connectivity index (χ0) is 20.9. The third-order valence-corrected chi connectivity index (χ3v) is 6.73. The SMILES string of the molecule is COc1ccc(-c2cc(CSc3nc(CC4CCCCC4)c(C)c(=O)[nH]3)n[nH]2)cc1.